The van der Waals surface area contributed by atoms with E-state index in [0.29, 0.717) is 45.2 Å². The van der Waals surface area contributed by atoms with Gasteiger partial charge >= 0.3 is 0 Å². The van der Waals surface area contributed by atoms with Crippen LogP contribution in [0.25, 0.3) is 10.2 Å². The normalized spacial score (nSPS) is 10.9. The molecule has 0 aliphatic carbocycles. The molecule has 0 aliphatic heterocycles. The number of fused-ring (bicyclic) bond motifs is 1. The van der Waals surface area contributed by atoms with E-state index in [-0.39, 0.29) is 17.2 Å². The molecule has 140 valence electrons. The van der Waals surface area contributed by atoms with Crippen LogP contribution in [-0.4, -0.2) is 27.0 Å². The number of carbonyl (C=O) groups excluding carboxylic acids is 2. The lowest BCUT2D eigenvalue weighted by Gasteiger charge is -2.09. The predicted octanol–water partition coefficient (Wildman–Crippen LogP) is 3.71. The molecule has 0 atom stereocenters. The zero-order valence-electron chi connectivity index (χ0n) is 15.0. The Bertz CT molecular complexity index is 1060. The lowest BCUT2D eigenvalue weighted by molar-refractivity contribution is -0.116. The predicted molar refractivity (Wildman–Crippen MR) is 110 cm³/mol. The van der Waals surface area contributed by atoms with E-state index >= 15 is 0 Å². The maximum absolute atomic E-state index is 12.3. The molecule has 8 heteroatoms. The zero-order chi connectivity index (χ0) is 19.4. The molecule has 3 rings (SSSR count). The third kappa shape index (κ3) is 4.45. The molecule has 0 unspecified atom stereocenters. The van der Waals surface area contributed by atoms with Crippen LogP contribution in [0.5, 0.6) is 0 Å². The van der Waals surface area contributed by atoms with E-state index in [4.69, 9.17) is 0 Å². The molecule has 0 radical (unpaired) electrons. The molecule has 3 aromatic rings. The average Bonchev–Trinajstić information content (AvgIpc) is 3.11. The molecule has 0 saturated heterocycles. The molecule has 6 nitrogen and oxygen atoms in total. The van der Waals surface area contributed by atoms with Crippen LogP contribution in [0.15, 0.2) is 45.7 Å². The number of nitrogens with one attached hydrogen (secondary N) is 1. The van der Waals surface area contributed by atoms with E-state index in [1.165, 1.54) is 30.0 Å². The van der Waals surface area contributed by atoms with Crippen LogP contribution in [-0.2, 0) is 11.8 Å². The molecule has 27 heavy (non-hydrogen) atoms. The monoisotopic (exact) mass is 401 g/mol. The Hall–Kier alpha value is -2.45. The molecule has 1 N–H and O–H groups in total. The molecule has 0 saturated carbocycles. The Labute approximate surface area is 164 Å². The number of Topliss-reactive ketones (excluding diaryl/α,β-unsaturated/α-hetero) is 1. The number of hydrogen-bond donors (Lipinski definition) is 1. The van der Waals surface area contributed by atoms with Gasteiger partial charge in [0.1, 0.15) is 4.70 Å². The number of rotatable bonds is 7. The van der Waals surface area contributed by atoms with Crippen molar-refractivity contribution in [3.8, 4) is 0 Å². The van der Waals surface area contributed by atoms with Crippen molar-refractivity contribution in [1.82, 2.24) is 9.55 Å². The van der Waals surface area contributed by atoms with Crippen molar-refractivity contribution in [2.75, 3.05) is 11.1 Å². The lowest BCUT2D eigenvalue weighted by Crippen LogP contribution is -2.19. The molecule has 1 amide bonds. The summed E-state index contributed by atoms with van der Waals surface area (Å²) in [5.41, 5.74) is 1.71. The van der Waals surface area contributed by atoms with E-state index in [1.54, 1.807) is 35.9 Å². The largest absolute Gasteiger partial charge is 0.325 e. The van der Waals surface area contributed by atoms with E-state index < -0.39 is 0 Å². The Morgan fingerprint density at radius 1 is 1.26 bits per heavy atom. The molecular formula is C19H19N3O3S2. The topological polar surface area (TPSA) is 81.1 Å². The van der Waals surface area contributed by atoms with Gasteiger partial charge in [0, 0.05) is 24.8 Å². The summed E-state index contributed by atoms with van der Waals surface area (Å²) in [6.07, 6.45) is 0.962. The summed E-state index contributed by atoms with van der Waals surface area (Å²) < 4.78 is 2.21. The number of thiophene rings is 1. The van der Waals surface area contributed by atoms with Crippen molar-refractivity contribution in [3.63, 3.8) is 0 Å². The van der Waals surface area contributed by atoms with Crippen molar-refractivity contribution in [3.05, 3.63) is 51.6 Å². The maximum Gasteiger partial charge on any atom is 0.271 e. The SMILES string of the molecule is CC(=O)c1ccccc1NC(=O)CCCSc1nc2ccsc2c(=O)n1C. The second-order valence-electron chi connectivity index (χ2n) is 6.00. The number of anilines is 1. The van der Waals surface area contributed by atoms with Gasteiger partial charge in [0.15, 0.2) is 10.9 Å². The molecule has 0 bridgehead atoms. The number of ketones is 1. The van der Waals surface area contributed by atoms with Crippen LogP contribution in [0.4, 0.5) is 5.69 Å². The summed E-state index contributed by atoms with van der Waals surface area (Å²) in [7, 11) is 1.71. The third-order valence-electron chi connectivity index (χ3n) is 4.01. The average molecular weight is 402 g/mol. The summed E-state index contributed by atoms with van der Waals surface area (Å²) in [5.74, 6) is 0.439. The van der Waals surface area contributed by atoms with Gasteiger partial charge in [-0.25, -0.2) is 4.98 Å². The van der Waals surface area contributed by atoms with Crippen LogP contribution in [0.2, 0.25) is 0 Å². The molecule has 2 aromatic heterocycles. The van der Waals surface area contributed by atoms with E-state index in [0.717, 1.165) is 0 Å². The number of thioether (sulfide) groups is 1. The number of hydrogen-bond acceptors (Lipinski definition) is 6. The fraction of sp³-hybridized carbons (Fsp3) is 0.263. The molecule has 1 aromatic carbocycles. The van der Waals surface area contributed by atoms with Gasteiger partial charge in [-0.05, 0) is 36.9 Å². The summed E-state index contributed by atoms with van der Waals surface area (Å²) >= 11 is 2.85. The number of aromatic nitrogens is 2. The van der Waals surface area contributed by atoms with E-state index in [2.05, 4.69) is 10.3 Å². The second kappa shape index (κ2) is 8.49. The summed E-state index contributed by atoms with van der Waals surface area (Å²) in [4.78, 5) is 40.5. The molecule has 0 aliphatic rings. The van der Waals surface area contributed by atoms with Gasteiger partial charge in [0.25, 0.3) is 5.56 Å². The minimum absolute atomic E-state index is 0.0453. The van der Waals surface area contributed by atoms with Crippen LogP contribution in [0.1, 0.15) is 30.1 Å². The first kappa shape index (κ1) is 19.3. The second-order valence-corrected chi connectivity index (χ2v) is 7.97. The minimum atomic E-state index is -0.139. The van der Waals surface area contributed by atoms with E-state index in [9.17, 15) is 14.4 Å². The maximum atomic E-state index is 12.3. The quantitative estimate of drug-likeness (QED) is 0.282. The minimum Gasteiger partial charge on any atom is -0.325 e. The van der Waals surface area contributed by atoms with Crippen LogP contribution in [0.3, 0.4) is 0 Å². The van der Waals surface area contributed by atoms with Crippen LogP contribution < -0.4 is 10.9 Å². The van der Waals surface area contributed by atoms with E-state index in [1.807, 2.05) is 11.4 Å². The molecule has 0 fully saturated rings. The number of carbonyl (C=O) groups is 2. The highest BCUT2D eigenvalue weighted by molar-refractivity contribution is 7.99. The summed E-state index contributed by atoms with van der Waals surface area (Å²) in [5, 5.41) is 5.30. The molecule has 2 heterocycles. The van der Waals surface area contributed by atoms with Crippen molar-refractivity contribution >= 4 is 50.7 Å². The van der Waals surface area contributed by atoms with Crippen molar-refractivity contribution in [1.29, 1.82) is 0 Å². The van der Waals surface area contributed by atoms with Gasteiger partial charge in [0.2, 0.25) is 5.91 Å². The number of nitrogens with zero attached hydrogens (tertiary/aromatic N) is 2. The van der Waals surface area contributed by atoms with Gasteiger partial charge in [-0.15, -0.1) is 11.3 Å². The van der Waals surface area contributed by atoms with Gasteiger partial charge < -0.3 is 5.32 Å². The fourth-order valence-corrected chi connectivity index (χ4v) is 4.32. The van der Waals surface area contributed by atoms with Gasteiger partial charge in [-0.3, -0.25) is 19.0 Å². The van der Waals surface area contributed by atoms with Crippen molar-refractivity contribution < 1.29 is 9.59 Å². The number of para-hydroxylation sites is 1. The molecular weight excluding hydrogens is 382 g/mol. The lowest BCUT2D eigenvalue weighted by atomic mass is 10.1. The summed E-state index contributed by atoms with van der Waals surface area (Å²) in [6, 6.07) is 8.81. The highest BCUT2D eigenvalue weighted by Crippen LogP contribution is 2.21. The molecule has 0 spiro atoms. The van der Waals surface area contributed by atoms with Crippen molar-refractivity contribution in [2.45, 2.75) is 24.9 Å². The van der Waals surface area contributed by atoms with Gasteiger partial charge in [-0.2, -0.15) is 0 Å². The smallest absolute Gasteiger partial charge is 0.271 e. The first-order valence-electron chi connectivity index (χ1n) is 8.44. The Morgan fingerprint density at radius 2 is 2.04 bits per heavy atom. The zero-order valence-corrected chi connectivity index (χ0v) is 16.7. The fourth-order valence-electron chi connectivity index (χ4n) is 2.60. The first-order chi connectivity index (χ1) is 13.0. The van der Waals surface area contributed by atoms with Crippen LogP contribution >= 0.6 is 23.1 Å². The Kier molecular flexibility index (Phi) is 6.08. The highest BCUT2D eigenvalue weighted by Gasteiger charge is 2.11. The van der Waals surface area contributed by atoms with Gasteiger partial charge in [-0.1, -0.05) is 23.9 Å². The van der Waals surface area contributed by atoms with Crippen molar-refractivity contribution in [2.24, 2.45) is 7.05 Å². The van der Waals surface area contributed by atoms with Crippen LogP contribution in [0, 0.1) is 0 Å². The highest BCUT2D eigenvalue weighted by atomic mass is 32.2. The first-order valence-corrected chi connectivity index (χ1v) is 10.3. The van der Waals surface area contributed by atoms with Gasteiger partial charge in [0.05, 0.1) is 11.2 Å². The number of amides is 1. The summed E-state index contributed by atoms with van der Waals surface area (Å²) in [6.45, 7) is 1.48. The number of benzene rings is 1. The third-order valence-corrected chi connectivity index (χ3v) is 6.01. The Morgan fingerprint density at radius 3 is 2.81 bits per heavy atom. The Balaban J connectivity index is 1.55. The standard InChI is InChI=1S/C19H19N3O3S2/c1-12(23)13-6-3-4-7-14(13)20-16(24)8-5-10-27-19-21-15-9-11-26-17(15)18(25)22(19)2/h3-4,6-7,9,11H,5,8,10H2,1-2H3,(H,20,24).